The number of para-hydroxylation sites is 1. The highest BCUT2D eigenvalue weighted by molar-refractivity contribution is 8.01. The number of nitrogens with one attached hydrogen (secondary N) is 1. The molecule has 1 amide bonds. The second kappa shape index (κ2) is 9.15. The maximum atomic E-state index is 12.7. The summed E-state index contributed by atoms with van der Waals surface area (Å²) < 4.78 is 26.5. The van der Waals surface area contributed by atoms with E-state index in [4.69, 9.17) is 0 Å². The van der Waals surface area contributed by atoms with Gasteiger partial charge in [-0.25, -0.2) is 8.42 Å². The largest absolute Gasteiger partial charge is 0.299 e. The van der Waals surface area contributed by atoms with Crippen LogP contribution in [0.3, 0.4) is 0 Å². The predicted molar refractivity (Wildman–Crippen MR) is 107 cm³/mol. The van der Waals surface area contributed by atoms with Crippen LogP contribution in [0.15, 0.2) is 47.3 Å². The van der Waals surface area contributed by atoms with Crippen LogP contribution in [-0.2, 0) is 14.8 Å². The number of carbonyl (C=O) groups excluding carboxylic acids is 1. The number of sulfonamides is 1. The number of nitrogens with zero attached hydrogens (tertiary/aromatic N) is 3. The highest BCUT2D eigenvalue weighted by Gasteiger charge is 2.31. The number of hydrogen-bond donors (Lipinski definition) is 1. The van der Waals surface area contributed by atoms with Gasteiger partial charge >= 0.3 is 0 Å². The van der Waals surface area contributed by atoms with Crippen molar-refractivity contribution in [2.75, 3.05) is 21.6 Å². The lowest BCUT2D eigenvalue weighted by Gasteiger charge is -2.29. The molecule has 0 radical (unpaired) electrons. The van der Waals surface area contributed by atoms with Crippen LogP contribution in [0.1, 0.15) is 13.3 Å². The van der Waals surface area contributed by atoms with E-state index in [0.29, 0.717) is 27.3 Å². The van der Waals surface area contributed by atoms with Crippen LogP contribution >= 0.6 is 23.1 Å². The second-order valence-corrected chi connectivity index (χ2v) is 9.38. The van der Waals surface area contributed by atoms with Gasteiger partial charge in [0.15, 0.2) is 4.34 Å². The number of benzene rings is 1. The minimum atomic E-state index is -3.65. The van der Waals surface area contributed by atoms with Crippen molar-refractivity contribution in [3.8, 4) is 0 Å². The number of rotatable bonds is 9. The van der Waals surface area contributed by atoms with Gasteiger partial charge in [0.25, 0.3) is 0 Å². The molecule has 1 N–H and O–H groups in total. The Morgan fingerprint density at radius 3 is 2.65 bits per heavy atom. The Morgan fingerprint density at radius 2 is 2.08 bits per heavy atom. The molecule has 0 saturated heterocycles. The van der Waals surface area contributed by atoms with E-state index in [0.717, 1.165) is 10.6 Å². The van der Waals surface area contributed by atoms with Crippen LogP contribution in [-0.4, -0.2) is 42.6 Å². The Labute approximate surface area is 161 Å². The van der Waals surface area contributed by atoms with E-state index in [1.165, 1.54) is 23.1 Å². The SMILES string of the molecule is C=CCSc1nnc(NC(=O)[C@H](CC)N(c2ccccc2)S(C)(=O)=O)s1. The summed E-state index contributed by atoms with van der Waals surface area (Å²) >= 11 is 2.70. The van der Waals surface area contributed by atoms with Crippen LogP contribution in [0.2, 0.25) is 0 Å². The molecule has 1 heterocycles. The van der Waals surface area contributed by atoms with Crippen LogP contribution in [0.5, 0.6) is 0 Å². The third-order valence-corrected chi connectivity index (χ3v) is 6.45. The van der Waals surface area contributed by atoms with Gasteiger partial charge in [-0.1, -0.05) is 54.3 Å². The van der Waals surface area contributed by atoms with E-state index in [1.54, 1.807) is 43.3 Å². The summed E-state index contributed by atoms with van der Waals surface area (Å²) in [5.41, 5.74) is 0.441. The molecule has 1 aromatic heterocycles. The first-order chi connectivity index (χ1) is 12.4. The van der Waals surface area contributed by atoms with Gasteiger partial charge in [0.05, 0.1) is 11.9 Å². The van der Waals surface area contributed by atoms with Crippen LogP contribution in [0, 0.1) is 0 Å². The van der Waals surface area contributed by atoms with Gasteiger partial charge in [0.2, 0.25) is 21.1 Å². The molecule has 7 nitrogen and oxygen atoms in total. The summed E-state index contributed by atoms with van der Waals surface area (Å²) in [6.07, 6.45) is 3.15. The summed E-state index contributed by atoms with van der Waals surface area (Å²) in [4.78, 5) is 12.7. The minimum Gasteiger partial charge on any atom is -0.299 e. The molecular weight excluding hydrogens is 392 g/mol. The highest BCUT2D eigenvalue weighted by atomic mass is 32.2. The zero-order chi connectivity index (χ0) is 19.2. The fourth-order valence-corrected chi connectivity index (χ4v) is 5.00. The molecule has 140 valence electrons. The highest BCUT2D eigenvalue weighted by Crippen LogP contribution is 2.27. The molecule has 0 aliphatic rings. The molecular formula is C16H20N4O3S3. The number of carbonyl (C=O) groups is 1. The average molecular weight is 413 g/mol. The van der Waals surface area contributed by atoms with E-state index >= 15 is 0 Å². The standard InChI is InChI=1S/C16H20N4O3S3/c1-4-11-24-16-19-18-15(25-16)17-14(21)13(5-2)20(26(3,22)23)12-9-7-6-8-10-12/h4,6-10,13H,1,5,11H2,2-3H3,(H,17,18,21)/t13-/m0/s1. The number of aromatic nitrogens is 2. The van der Waals surface area contributed by atoms with Crippen molar-refractivity contribution in [2.24, 2.45) is 0 Å². The van der Waals surface area contributed by atoms with Crippen molar-refractivity contribution in [3.63, 3.8) is 0 Å². The summed E-state index contributed by atoms with van der Waals surface area (Å²) in [6, 6.07) is 7.67. The van der Waals surface area contributed by atoms with E-state index in [2.05, 4.69) is 22.1 Å². The minimum absolute atomic E-state index is 0.310. The van der Waals surface area contributed by atoms with E-state index < -0.39 is 22.0 Å². The first-order valence-corrected chi connectivity index (χ1v) is 11.4. The Kier molecular flexibility index (Phi) is 7.18. The topological polar surface area (TPSA) is 92.3 Å². The van der Waals surface area contributed by atoms with Crippen molar-refractivity contribution in [2.45, 2.75) is 23.7 Å². The Morgan fingerprint density at radius 1 is 1.38 bits per heavy atom. The van der Waals surface area contributed by atoms with Crippen molar-refractivity contribution < 1.29 is 13.2 Å². The number of anilines is 2. The molecule has 26 heavy (non-hydrogen) atoms. The van der Waals surface area contributed by atoms with E-state index in [1.807, 2.05) is 0 Å². The predicted octanol–water partition coefficient (Wildman–Crippen LogP) is 3.00. The summed E-state index contributed by atoms with van der Waals surface area (Å²) in [7, 11) is -3.65. The van der Waals surface area contributed by atoms with Crippen molar-refractivity contribution in [3.05, 3.63) is 43.0 Å². The van der Waals surface area contributed by atoms with Gasteiger partial charge in [0, 0.05) is 5.75 Å². The van der Waals surface area contributed by atoms with E-state index in [-0.39, 0.29) is 0 Å². The molecule has 0 unspecified atom stereocenters. The van der Waals surface area contributed by atoms with Gasteiger partial charge in [-0.2, -0.15) is 0 Å². The average Bonchev–Trinajstić information content (AvgIpc) is 3.04. The lowest BCUT2D eigenvalue weighted by atomic mass is 10.2. The summed E-state index contributed by atoms with van der Waals surface area (Å²) in [6.45, 7) is 5.40. The summed E-state index contributed by atoms with van der Waals surface area (Å²) in [5.74, 6) is 0.244. The van der Waals surface area contributed by atoms with Crippen LogP contribution in [0.4, 0.5) is 10.8 Å². The smallest absolute Gasteiger partial charge is 0.250 e. The Balaban J connectivity index is 2.22. The van der Waals surface area contributed by atoms with Crippen molar-refractivity contribution in [1.29, 1.82) is 0 Å². The number of thioether (sulfide) groups is 1. The van der Waals surface area contributed by atoms with Gasteiger partial charge in [-0.15, -0.1) is 16.8 Å². The maximum Gasteiger partial charge on any atom is 0.250 e. The van der Waals surface area contributed by atoms with Crippen LogP contribution < -0.4 is 9.62 Å². The fourth-order valence-electron chi connectivity index (χ4n) is 2.27. The summed E-state index contributed by atoms with van der Waals surface area (Å²) in [5, 5.41) is 10.9. The third kappa shape index (κ3) is 5.29. The Hall–Kier alpha value is -1.91. The number of hydrogen-bond acceptors (Lipinski definition) is 7. The van der Waals surface area contributed by atoms with Crippen molar-refractivity contribution >= 4 is 49.8 Å². The molecule has 2 rings (SSSR count). The van der Waals surface area contributed by atoms with Crippen molar-refractivity contribution in [1.82, 2.24) is 10.2 Å². The molecule has 0 bridgehead atoms. The first kappa shape index (κ1) is 20.4. The molecule has 0 saturated carbocycles. The molecule has 0 fully saturated rings. The maximum absolute atomic E-state index is 12.7. The van der Waals surface area contributed by atoms with Gasteiger partial charge in [-0.3, -0.25) is 14.4 Å². The molecule has 0 aliphatic heterocycles. The monoisotopic (exact) mass is 412 g/mol. The second-order valence-electron chi connectivity index (χ2n) is 5.28. The first-order valence-electron chi connectivity index (χ1n) is 7.79. The lowest BCUT2D eigenvalue weighted by Crippen LogP contribution is -2.46. The molecule has 1 atom stereocenters. The number of amides is 1. The third-order valence-electron chi connectivity index (χ3n) is 3.30. The lowest BCUT2D eigenvalue weighted by molar-refractivity contribution is -0.117. The molecule has 1 aromatic carbocycles. The van der Waals surface area contributed by atoms with Crippen LogP contribution in [0.25, 0.3) is 0 Å². The quantitative estimate of drug-likeness (QED) is 0.387. The molecule has 2 aromatic rings. The zero-order valence-corrected chi connectivity index (χ0v) is 16.9. The van der Waals surface area contributed by atoms with Gasteiger partial charge in [0.1, 0.15) is 6.04 Å². The van der Waals surface area contributed by atoms with Gasteiger partial charge in [-0.05, 0) is 18.6 Å². The molecule has 0 aliphatic carbocycles. The molecule has 10 heteroatoms. The molecule has 0 spiro atoms. The van der Waals surface area contributed by atoms with Gasteiger partial charge < -0.3 is 0 Å². The fraction of sp³-hybridized carbons (Fsp3) is 0.312. The Bertz CT molecular complexity index is 853. The zero-order valence-electron chi connectivity index (χ0n) is 14.5. The van der Waals surface area contributed by atoms with E-state index in [9.17, 15) is 13.2 Å². The normalized spacial score (nSPS) is 12.4.